The van der Waals surface area contributed by atoms with E-state index in [9.17, 15) is 4.79 Å². The Morgan fingerprint density at radius 1 is 1.67 bits per heavy atom. The molecule has 4 nitrogen and oxygen atoms in total. The van der Waals surface area contributed by atoms with Crippen molar-refractivity contribution in [1.29, 1.82) is 0 Å². The van der Waals surface area contributed by atoms with Crippen LogP contribution in [0, 0.1) is 5.41 Å². The van der Waals surface area contributed by atoms with Gasteiger partial charge in [0.1, 0.15) is 6.10 Å². The number of carbonyl (C=O) groups is 1. The number of esters is 1. The van der Waals surface area contributed by atoms with Crippen LogP contribution >= 0.6 is 0 Å². The average molecular weight is 214 g/mol. The highest BCUT2D eigenvalue weighted by Gasteiger charge is 2.30. The first-order valence-corrected chi connectivity index (χ1v) is 5.05. The molecular formula is C11H18O4. The maximum absolute atomic E-state index is 11.6. The molecule has 1 aliphatic heterocycles. The second kappa shape index (κ2) is 4.77. The molecule has 0 saturated heterocycles. The number of aliphatic hydroxyl groups is 1. The van der Waals surface area contributed by atoms with Crippen LogP contribution in [0.5, 0.6) is 0 Å². The second-order valence-electron chi connectivity index (χ2n) is 4.60. The maximum Gasteiger partial charge on any atom is 0.311 e. The number of aliphatic hydroxyl groups excluding tert-OH is 1. The lowest BCUT2D eigenvalue weighted by Crippen LogP contribution is -2.37. The zero-order valence-electron chi connectivity index (χ0n) is 9.40. The van der Waals surface area contributed by atoms with Crippen molar-refractivity contribution in [3.05, 3.63) is 12.2 Å². The minimum atomic E-state index is -0.601. The van der Waals surface area contributed by atoms with E-state index in [0.717, 1.165) is 0 Å². The standard InChI is InChI=1S/C11H18O4/c1-11(2,3)10(13)15-9(7-12)8-5-4-6-14-8/h4-5,8-9,12H,6-7H2,1-3H3/t8-,9+/m0/s1. The van der Waals surface area contributed by atoms with Crippen LogP contribution in [-0.2, 0) is 14.3 Å². The minimum Gasteiger partial charge on any atom is -0.456 e. The van der Waals surface area contributed by atoms with Crippen LogP contribution in [-0.4, -0.2) is 36.5 Å². The summed E-state index contributed by atoms with van der Waals surface area (Å²) in [5.41, 5.74) is -0.560. The first-order chi connectivity index (χ1) is 6.95. The molecule has 0 bridgehead atoms. The van der Waals surface area contributed by atoms with Crippen molar-refractivity contribution in [3.8, 4) is 0 Å². The Morgan fingerprint density at radius 3 is 2.73 bits per heavy atom. The summed E-state index contributed by atoms with van der Waals surface area (Å²) in [4.78, 5) is 11.6. The summed E-state index contributed by atoms with van der Waals surface area (Å²) in [6, 6.07) is 0. The maximum atomic E-state index is 11.6. The molecule has 0 aromatic rings. The molecule has 0 aliphatic carbocycles. The highest BCUT2D eigenvalue weighted by Crippen LogP contribution is 2.19. The molecule has 1 N–H and O–H groups in total. The van der Waals surface area contributed by atoms with Gasteiger partial charge in [0.2, 0.25) is 0 Å². The van der Waals surface area contributed by atoms with Gasteiger partial charge in [0, 0.05) is 0 Å². The average Bonchev–Trinajstić information content (AvgIpc) is 2.64. The SMILES string of the molecule is CC(C)(C)C(=O)O[C@H](CO)[C@@H]1C=CCO1. The molecule has 0 fully saturated rings. The van der Waals surface area contributed by atoms with Gasteiger partial charge >= 0.3 is 5.97 Å². The van der Waals surface area contributed by atoms with Crippen molar-refractivity contribution in [2.75, 3.05) is 13.2 Å². The van der Waals surface area contributed by atoms with Crippen molar-refractivity contribution >= 4 is 5.97 Å². The molecule has 0 saturated carbocycles. The summed E-state index contributed by atoms with van der Waals surface area (Å²) in [6.45, 7) is 5.60. The zero-order chi connectivity index (χ0) is 11.5. The van der Waals surface area contributed by atoms with Gasteiger partial charge in [-0.1, -0.05) is 12.2 Å². The van der Waals surface area contributed by atoms with E-state index < -0.39 is 11.5 Å². The van der Waals surface area contributed by atoms with E-state index in [4.69, 9.17) is 14.6 Å². The van der Waals surface area contributed by atoms with Crippen LogP contribution in [0.25, 0.3) is 0 Å². The summed E-state index contributed by atoms with van der Waals surface area (Å²) < 4.78 is 10.5. The van der Waals surface area contributed by atoms with Gasteiger partial charge in [-0.3, -0.25) is 4.79 Å². The number of hydrogen-bond donors (Lipinski definition) is 1. The van der Waals surface area contributed by atoms with Crippen LogP contribution in [0.2, 0.25) is 0 Å². The summed E-state index contributed by atoms with van der Waals surface area (Å²) in [5, 5.41) is 9.11. The van der Waals surface area contributed by atoms with Crippen molar-refractivity contribution < 1.29 is 19.4 Å². The molecule has 0 spiro atoms. The molecule has 2 atom stereocenters. The predicted octanol–water partition coefficient (Wildman–Crippen LogP) is 0.892. The van der Waals surface area contributed by atoms with Crippen LogP contribution < -0.4 is 0 Å². The van der Waals surface area contributed by atoms with Crippen molar-refractivity contribution in [2.24, 2.45) is 5.41 Å². The Bertz CT molecular complexity index is 252. The second-order valence-corrected chi connectivity index (χ2v) is 4.60. The Kier molecular flexibility index (Phi) is 3.88. The third kappa shape index (κ3) is 3.32. The largest absolute Gasteiger partial charge is 0.456 e. The zero-order valence-corrected chi connectivity index (χ0v) is 9.40. The Balaban J connectivity index is 2.53. The van der Waals surface area contributed by atoms with Gasteiger partial charge in [-0.2, -0.15) is 0 Å². The smallest absolute Gasteiger partial charge is 0.311 e. The van der Waals surface area contributed by atoms with E-state index in [2.05, 4.69) is 0 Å². The number of hydrogen-bond acceptors (Lipinski definition) is 4. The van der Waals surface area contributed by atoms with Gasteiger partial charge in [-0.25, -0.2) is 0 Å². The summed E-state index contributed by atoms with van der Waals surface area (Å²) in [6.07, 6.45) is 2.73. The molecule has 0 amide bonds. The van der Waals surface area contributed by atoms with Gasteiger partial charge in [0.25, 0.3) is 0 Å². The van der Waals surface area contributed by atoms with Gasteiger partial charge < -0.3 is 14.6 Å². The number of ether oxygens (including phenoxy) is 2. The molecule has 0 aromatic carbocycles. The van der Waals surface area contributed by atoms with Crippen LogP contribution in [0.15, 0.2) is 12.2 Å². The highest BCUT2D eigenvalue weighted by atomic mass is 16.6. The molecule has 0 unspecified atom stereocenters. The van der Waals surface area contributed by atoms with Crippen LogP contribution in [0.3, 0.4) is 0 Å². The summed E-state index contributed by atoms with van der Waals surface area (Å²) >= 11 is 0. The van der Waals surface area contributed by atoms with Crippen molar-refractivity contribution in [1.82, 2.24) is 0 Å². The normalized spacial score (nSPS) is 22.8. The quantitative estimate of drug-likeness (QED) is 0.560. The predicted molar refractivity (Wildman–Crippen MR) is 55.3 cm³/mol. The first kappa shape index (κ1) is 12.2. The molecule has 0 aromatic heterocycles. The fourth-order valence-corrected chi connectivity index (χ4v) is 1.17. The van der Waals surface area contributed by atoms with Crippen LogP contribution in [0.4, 0.5) is 0 Å². The first-order valence-electron chi connectivity index (χ1n) is 5.05. The van der Waals surface area contributed by atoms with E-state index in [1.54, 1.807) is 26.8 Å². The molecule has 0 radical (unpaired) electrons. The summed E-state index contributed by atoms with van der Waals surface area (Å²) in [5.74, 6) is -0.328. The van der Waals surface area contributed by atoms with Crippen molar-refractivity contribution in [2.45, 2.75) is 33.0 Å². The Labute approximate surface area is 89.9 Å². The lowest BCUT2D eigenvalue weighted by molar-refractivity contribution is -0.166. The highest BCUT2D eigenvalue weighted by molar-refractivity contribution is 5.75. The molecular weight excluding hydrogens is 196 g/mol. The van der Waals surface area contributed by atoms with E-state index in [0.29, 0.717) is 6.61 Å². The molecule has 86 valence electrons. The number of rotatable bonds is 3. The van der Waals surface area contributed by atoms with Gasteiger partial charge in [-0.05, 0) is 20.8 Å². The van der Waals surface area contributed by atoms with E-state index in [1.807, 2.05) is 6.08 Å². The van der Waals surface area contributed by atoms with Gasteiger partial charge in [0.15, 0.2) is 6.10 Å². The van der Waals surface area contributed by atoms with E-state index >= 15 is 0 Å². The number of carbonyl (C=O) groups excluding carboxylic acids is 1. The Hall–Kier alpha value is -0.870. The Morgan fingerprint density at radius 2 is 2.33 bits per heavy atom. The molecule has 4 heteroatoms. The van der Waals surface area contributed by atoms with E-state index in [1.165, 1.54) is 0 Å². The molecule has 1 rings (SSSR count). The van der Waals surface area contributed by atoms with Crippen molar-refractivity contribution in [3.63, 3.8) is 0 Å². The fraction of sp³-hybridized carbons (Fsp3) is 0.727. The van der Waals surface area contributed by atoms with Gasteiger partial charge in [0.05, 0.1) is 18.6 Å². The molecule has 15 heavy (non-hydrogen) atoms. The lowest BCUT2D eigenvalue weighted by atomic mass is 9.97. The third-order valence-electron chi connectivity index (χ3n) is 2.13. The van der Waals surface area contributed by atoms with Crippen LogP contribution in [0.1, 0.15) is 20.8 Å². The topological polar surface area (TPSA) is 55.8 Å². The lowest BCUT2D eigenvalue weighted by Gasteiger charge is -2.24. The third-order valence-corrected chi connectivity index (χ3v) is 2.13. The molecule has 1 heterocycles. The monoisotopic (exact) mass is 214 g/mol. The van der Waals surface area contributed by atoms with Gasteiger partial charge in [-0.15, -0.1) is 0 Å². The molecule has 1 aliphatic rings. The summed E-state index contributed by atoms with van der Waals surface area (Å²) in [7, 11) is 0. The minimum absolute atomic E-state index is 0.225. The fourth-order valence-electron chi connectivity index (χ4n) is 1.17. The van der Waals surface area contributed by atoms with E-state index in [-0.39, 0.29) is 18.7 Å².